The van der Waals surface area contributed by atoms with Gasteiger partial charge in [0.05, 0.1) is 5.56 Å². The summed E-state index contributed by atoms with van der Waals surface area (Å²) in [5.41, 5.74) is 3.64. The first-order valence-corrected chi connectivity index (χ1v) is 7.56. The molecule has 116 valence electrons. The fourth-order valence-electron chi connectivity index (χ4n) is 2.78. The van der Waals surface area contributed by atoms with Crippen LogP contribution in [0.4, 0.5) is 0 Å². The molecule has 1 aromatic carbocycles. The SMILES string of the molecule is Cc1cc(C)c(C(=O)N(C)Cc2cccc3cnccc23)cn1. The second-order valence-electron chi connectivity index (χ2n) is 5.82. The van der Waals surface area contributed by atoms with Crippen molar-refractivity contribution in [1.29, 1.82) is 0 Å². The molecule has 4 nitrogen and oxygen atoms in total. The standard InChI is InChI=1S/C19H19N3O/c1-13-9-14(2)21-11-18(13)19(23)22(3)12-16-6-4-5-15-10-20-8-7-17(15)16/h4-11H,12H2,1-3H3. The summed E-state index contributed by atoms with van der Waals surface area (Å²) < 4.78 is 0. The number of carbonyl (C=O) groups is 1. The lowest BCUT2D eigenvalue weighted by Crippen LogP contribution is -2.27. The van der Waals surface area contributed by atoms with E-state index in [1.807, 2.05) is 57.4 Å². The van der Waals surface area contributed by atoms with Crippen molar-refractivity contribution in [2.45, 2.75) is 20.4 Å². The van der Waals surface area contributed by atoms with Gasteiger partial charge in [-0.25, -0.2) is 0 Å². The minimum atomic E-state index is -0.0129. The molecular formula is C19H19N3O. The van der Waals surface area contributed by atoms with Gasteiger partial charge < -0.3 is 4.90 Å². The van der Waals surface area contributed by atoms with Crippen LogP contribution in [0.15, 0.2) is 48.9 Å². The van der Waals surface area contributed by atoms with Gasteiger partial charge >= 0.3 is 0 Å². The van der Waals surface area contributed by atoms with Gasteiger partial charge in [-0.2, -0.15) is 0 Å². The van der Waals surface area contributed by atoms with Crippen molar-refractivity contribution in [3.63, 3.8) is 0 Å². The number of amides is 1. The minimum Gasteiger partial charge on any atom is -0.337 e. The monoisotopic (exact) mass is 305 g/mol. The van der Waals surface area contributed by atoms with E-state index < -0.39 is 0 Å². The molecule has 0 radical (unpaired) electrons. The first-order chi connectivity index (χ1) is 11.1. The van der Waals surface area contributed by atoms with Crippen molar-refractivity contribution in [3.05, 3.63) is 71.3 Å². The van der Waals surface area contributed by atoms with E-state index in [1.165, 1.54) is 0 Å². The van der Waals surface area contributed by atoms with Crippen LogP contribution < -0.4 is 0 Å². The molecule has 0 aliphatic heterocycles. The van der Waals surface area contributed by atoms with Crippen LogP contribution in [0.25, 0.3) is 10.8 Å². The minimum absolute atomic E-state index is 0.0129. The van der Waals surface area contributed by atoms with Gasteiger partial charge in [0.2, 0.25) is 0 Å². The second kappa shape index (κ2) is 6.16. The number of carbonyl (C=O) groups excluding carboxylic acids is 1. The third-order valence-corrected chi connectivity index (χ3v) is 4.00. The van der Waals surface area contributed by atoms with E-state index in [4.69, 9.17) is 0 Å². The van der Waals surface area contributed by atoms with Crippen molar-refractivity contribution in [2.24, 2.45) is 0 Å². The summed E-state index contributed by atoms with van der Waals surface area (Å²) in [6.45, 7) is 4.42. The lowest BCUT2D eigenvalue weighted by molar-refractivity contribution is 0.0784. The Bertz CT molecular complexity index is 868. The summed E-state index contributed by atoms with van der Waals surface area (Å²) in [6.07, 6.45) is 5.28. The number of benzene rings is 1. The first-order valence-electron chi connectivity index (χ1n) is 7.56. The Morgan fingerprint density at radius 1 is 1.17 bits per heavy atom. The molecule has 0 unspecified atom stereocenters. The Balaban J connectivity index is 1.88. The predicted molar refractivity (Wildman–Crippen MR) is 91.3 cm³/mol. The maximum absolute atomic E-state index is 12.7. The van der Waals surface area contributed by atoms with E-state index in [0.29, 0.717) is 12.1 Å². The van der Waals surface area contributed by atoms with Gasteiger partial charge in [-0.3, -0.25) is 14.8 Å². The summed E-state index contributed by atoms with van der Waals surface area (Å²) in [5.74, 6) is -0.0129. The zero-order chi connectivity index (χ0) is 16.4. The number of aryl methyl sites for hydroxylation is 2. The van der Waals surface area contributed by atoms with E-state index in [-0.39, 0.29) is 5.91 Å². The van der Waals surface area contributed by atoms with Crippen LogP contribution in [0.3, 0.4) is 0 Å². The molecular weight excluding hydrogens is 286 g/mol. The Labute approximate surface area is 135 Å². The lowest BCUT2D eigenvalue weighted by atomic mass is 10.1. The molecule has 2 aromatic heterocycles. The normalized spacial score (nSPS) is 10.7. The van der Waals surface area contributed by atoms with Crippen molar-refractivity contribution in [1.82, 2.24) is 14.9 Å². The second-order valence-corrected chi connectivity index (χ2v) is 5.82. The van der Waals surface area contributed by atoms with Crippen molar-refractivity contribution < 1.29 is 4.79 Å². The number of hydrogen-bond acceptors (Lipinski definition) is 3. The zero-order valence-electron chi connectivity index (χ0n) is 13.6. The summed E-state index contributed by atoms with van der Waals surface area (Å²) >= 11 is 0. The van der Waals surface area contributed by atoms with E-state index in [1.54, 1.807) is 17.3 Å². The van der Waals surface area contributed by atoms with Crippen LogP contribution in [-0.2, 0) is 6.54 Å². The van der Waals surface area contributed by atoms with E-state index in [9.17, 15) is 4.79 Å². The number of pyridine rings is 2. The number of aromatic nitrogens is 2. The maximum Gasteiger partial charge on any atom is 0.255 e. The highest BCUT2D eigenvalue weighted by Crippen LogP contribution is 2.20. The Hall–Kier alpha value is -2.75. The number of rotatable bonds is 3. The molecule has 0 aliphatic carbocycles. The molecule has 3 rings (SSSR count). The molecule has 2 heterocycles. The van der Waals surface area contributed by atoms with Gasteiger partial charge in [-0.15, -0.1) is 0 Å². The van der Waals surface area contributed by atoms with E-state index in [2.05, 4.69) is 9.97 Å². The van der Waals surface area contributed by atoms with Crippen LogP contribution in [0.2, 0.25) is 0 Å². The van der Waals surface area contributed by atoms with Gasteiger partial charge in [-0.05, 0) is 42.5 Å². The highest BCUT2D eigenvalue weighted by Gasteiger charge is 2.15. The molecule has 4 heteroatoms. The first kappa shape index (κ1) is 15.2. The highest BCUT2D eigenvalue weighted by molar-refractivity contribution is 5.95. The summed E-state index contributed by atoms with van der Waals surface area (Å²) in [6, 6.07) is 10.00. The Morgan fingerprint density at radius 3 is 2.78 bits per heavy atom. The quantitative estimate of drug-likeness (QED) is 0.744. The van der Waals surface area contributed by atoms with Crippen molar-refractivity contribution in [3.8, 4) is 0 Å². The third kappa shape index (κ3) is 3.06. The van der Waals surface area contributed by atoms with Crippen LogP contribution in [0.1, 0.15) is 27.2 Å². The fourth-order valence-corrected chi connectivity index (χ4v) is 2.78. The van der Waals surface area contributed by atoms with Gasteiger partial charge in [0.25, 0.3) is 5.91 Å². The average Bonchev–Trinajstić information content (AvgIpc) is 2.54. The Morgan fingerprint density at radius 2 is 2.00 bits per heavy atom. The number of nitrogens with zero attached hydrogens (tertiary/aromatic N) is 3. The van der Waals surface area contributed by atoms with Crippen LogP contribution in [-0.4, -0.2) is 27.8 Å². The zero-order valence-corrected chi connectivity index (χ0v) is 13.6. The van der Waals surface area contributed by atoms with Crippen LogP contribution >= 0.6 is 0 Å². The molecule has 0 spiro atoms. The van der Waals surface area contributed by atoms with E-state index in [0.717, 1.165) is 27.6 Å². The third-order valence-electron chi connectivity index (χ3n) is 4.00. The molecule has 0 bridgehead atoms. The largest absolute Gasteiger partial charge is 0.337 e. The smallest absolute Gasteiger partial charge is 0.255 e. The number of fused-ring (bicyclic) bond motifs is 1. The van der Waals surface area contributed by atoms with Gasteiger partial charge in [0.1, 0.15) is 0 Å². The molecule has 0 aliphatic rings. The molecule has 0 atom stereocenters. The van der Waals surface area contributed by atoms with Crippen molar-refractivity contribution >= 4 is 16.7 Å². The van der Waals surface area contributed by atoms with Gasteiger partial charge in [-0.1, -0.05) is 18.2 Å². The van der Waals surface area contributed by atoms with Gasteiger partial charge in [0, 0.05) is 43.3 Å². The van der Waals surface area contributed by atoms with Crippen molar-refractivity contribution in [2.75, 3.05) is 7.05 Å². The summed E-state index contributed by atoms with van der Waals surface area (Å²) in [5, 5.41) is 2.21. The molecule has 3 aromatic rings. The summed E-state index contributed by atoms with van der Waals surface area (Å²) in [7, 11) is 1.82. The molecule has 0 fully saturated rings. The predicted octanol–water partition coefficient (Wildman–Crippen LogP) is 3.52. The van der Waals surface area contributed by atoms with Crippen LogP contribution in [0, 0.1) is 13.8 Å². The Kier molecular flexibility index (Phi) is 4.06. The highest BCUT2D eigenvalue weighted by atomic mass is 16.2. The summed E-state index contributed by atoms with van der Waals surface area (Å²) in [4.78, 5) is 22.8. The lowest BCUT2D eigenvalue weighted by Gasteiger charge is -2.19. The van der Waals surface area contributed by atoms with Crippen LogP contribution in [0.5, 0.6) is 0 Å². The molecule has 0 saturated heterocycles. The topological polar surface area (TPSA) is 46.1 Å². The van der Waals surface area contributed by atoms with E-state index >= 15 is 0 Å². The average molecular weight is 305 g/mol. The maximum atomic E-state index is 12.7. The fraction of sp³-hybridized carbons (Fsp3) is 0.211. The van der Waals surface area contributed by atoms with Gasteiger partial charge in [0.15, 0.2) is 0 Å². The molecule has 1 amide bonds. The molecule has 0 N–H and O–H groups in total. The molecule has 0 saturated carbocycles. The number of hydrogen-bond donors (Lipinski definition) is 0. The molecule has 23 heavy (non-hydrogen) atoms.